The molecule has 10 heteroatoms. The van der Waals surface area contributed by atoms with Crippen LogP contribution in [0.4, 0.5) is 0 Å². The fourth-order valence-electron chi connectivity index (χ4n) is 4.37. The molecular weight excluding hydrogens is 384 g/mol. The fourth-order valence-corrected chi connectivity index (χ4v) is 5.30. The van der Waals surface area contributed by atoms with Crippen molar-refractivity contribution in [1.29, 1.82) is 0 Å². The molecule has 2 aliphatic heterocycles. The summed E-state index contributed by atoms with van der Waals surface area (Å²) in [5.41, 5.74) is 6.72. The Balaban J connectivity index is 1.68. The number of amides is 2. The van der Waals surface area contributed by atoms with Gasteiger partial charge < -0.3 is 20.8 Å². The molecule has 2 aromatic heterocycles. The van der Waals surface area contributed by atoms with Crippen LogP contribution in [0.1, 0.15) is 19.5 Å². The van der Waals surface area contributed by atoms with Gasteiger partial charge in [-0.15, -0.1) is 0 Å². The van der Waals surface area contributed by atoms with Gasteiger partial charge in [-0.2, -0.15) is 4.40 Å². The van der Waals surface area contributed by atoms with Crippen LogP contribution in [0.3, 0.4) is 0 Å². The minimum absolute atomic E-state index is 0.0128. The molecule has 148 valence electrons. The number of nitrogens with zero attached hydrogens (tertiary/aromatic N) is 3. The van der Waals surface area contributed by atoms with Crippen LogP contribution >= 0.6 is 11.3 Å². The number of nitrogens with two attached hydrogens (primary N) is 1. The molecule has 1 fully saturated rings. The lowest BCUT2D eigenvalue weighted by molar-refractivity contribution is -0.688. The lowest BCUT2D eigenvalue weighted by Gasteiger charge is -2.46. The van der Waals surface area contributed by atoms with Gasteiger partial charge in [0.25, 0.3) is 0 Å². The summed E-state index contributed by atoms with van der Waals surface area (Å²) in [7, 11) is 0. The van der Waals surface area contributed by atoms with E-state index in [1.807, 2.05) is 27.5 Å². The third-order valence-corrected chi connectivity index (χ3v) is 6.56. The van der Waals surface area contributed by atoms with Crippen molar-refractivity contribution < 1.29 is 29.2 Å². The number of aliphatic hydroxyl groups excluding tert-OH is 1. The first-order valence-electron chi connectivity index (χ1n) is 8.94. The van der Waals surface area contributed by atoms with Gasteiger partial charge in [0.05, 0.1) is 24.5 Å². The number of carbonyl (C=O) groups is 3. The molecule has 1 saturated heterocycles. The van der Waals surface area contributed by atoms with Crippen LogP contribution in [-0.2, 0) is 27.3 Å². The van der Waals surface area contributed by atoms with Crippen LogP contribution in [0.5, 0.6) is 0 Å². The van der Waals surface area contributed by atoms with E-state index >= 15 is 0 Å². The number of hydrogen-bond acceptors (Lipinski definition) is 5. The predicted molar refractivity (Wildman–Crippen MR) is 98.0 cm³/mol. The van der Waals surface area contributed by atoms with Crippen LogP contribution in [0.2, 0.25) is 0 Å². The summed E-state index contributed by atoms with van der Waals surface area (Å²) < 4.78 is 3.70. The number of imidazole rings is 1. The maximum absolute atomic E-state index is 12.4. The summed E-state index contributed by atoms with van der Waals surface area (Å²) >= 11 is 1.47. The maximum Gasteiger partial charge on any atom is 0.352 e. The van der Waals surface area contributed by atoms with Crippen molar-refractivity contribution in [2.45, 2.75) is 39.0 Å². The maximum atomic E-state index is 12.4. The van der Waals surface area contributed by atoms with Crippen LogP contribution in [-0.4, -0.2) is 49.4 Å². The summed E-state index contributed by atoms with van der Waals surface area (Å²) in [5.74, 6) is -2.67. The highest BCUT2D eigenvalue weighted by molar-refractivity contribution is 7.15. The number of primary amides is 1. The topological polar surface area (TPSA) is 129 Å². The van der Waals surface area contributed by atoms with Gasteiger partial charge in [-0.1, -0.05) is 18.3 Å². The second kappa shape index (κ2) is 6.42. The molecule has 0 bridgehead atoms. The second-order valence-electron chi connectivity index (χ2n) is 7.43. The number of carboxylic acids is 1. The lowest BCUT2D eigenvalue weighted by atomic mass is 9.78. The van der Waals surface area contributed by atoms with Gasteiger partial charge in [-0.3, -0.25) is 9.59 Å². The molecule has 28 heavy (non-hydrogen) atoms. The molecule has 0 radical (unpaired) electrons. The standard InChI is InChI=1S/C18H20N4O5S/c1-8-11(16(18(26)27)22-15(8)14(9(2)23)17(22)25)4-20-5-13-21(7-20)10(6-28-13)3-12(19)24/h5-9,14-15,23H,3-4H2,1-2H3,(H2-,19,24,26,27)/p+1/t8-,9+,14+,15+/m0/s1. The van der Waals surface area contributed by atoms with Gasteiger partial charge in [0.1, 0.15) is 24.1 Å². The molecule has 0 aromatic carbocycles. The number of aromatic nitrogens is 2. The second-order valence-corrected chi connectivity index (χ2v) is 8.32. The fraction of sp³-hybridized carbons (Fsp3) is 0.444. The van der Waals surface area contributed by atoms with Gasteiger partial charge in [0.15, 0.2) is 0 Å². The third kappa shape index (κ3) is 2.63. The van der Waals surface area contributed by atoms with Crippen molar-refractivity contribution in [3.05, 3.63) is 34.9 Å². The van der Waals surface area contributed by atoms with Crippen LogP contribution in [0, 0.1) is 11.8 Å². The number of carboxylic acid groups (broad SMARTS) is 1. The lowest BCUT2D eigenvalue weighted by Crippen LogP contribution is -2.63. The molecule has 4 heterocycles. The van der Waals surface area contributed by atoms with E-state index in [1.54, 1.807) is 13.3 Å². The normalized spacial score (nSPS) is 25.2. The number of aliphatic hydroxyl groups is 1. The van der Waals surface area contributed by atoms with Gasteiger partial charge in [0, 0.05) is 16.9 Å². The number of hydrogen-bond donors (Lipinski definition) is 3. The number of β-lactam (4-membered cyclic amide) rings is 1. The monoisotopic (exact) mass is 405 g/mol. The van der Waals surface area contributed by atoms with E-state index < -0.39 is 23.9 Å². The Morgan fingerprint density at radius 2 is 2.14 bits per heavy atom. The van der Waals surface area contributed by atoms with E-state index in [4.69, 9.17) is 5.73 Å². The molecule has 2 aromatic rings. The van der Waals surface area contributed by atoms with E-state index in [0.717, 1.165) is 10.5 Å². The van der Waals surface area contributed by atoms with Gasteiger partial charge in [0.2, 0.25) is 23.0 Å². The zero-order valence-corrected chi connectivity index (χ0v) is 16.2. The van der Waals surface area contributed by atoms with Gasteiger partial charge in [-0.25, -0.2) is 9.36 Å². The molecule has 0 unspecified atom stereocenters. The Morgan fingerprint density at radius 1 is 1.43 bits per heavy atom. The Kier molecular flexibility index (Phi) is 4.27. The molecule has 4 N–H and O–H groups in total. The molecule has 9 nitrogen and oxygen atoms in total. The minimum Gasteiger partial charge on any atom is -0.477 e. The van der Waals surface area contributed by atoms with Crippen molar-refractivity contribution in [3.63, 3.8) is 0 Å². The Labute approximate surface area is 164 Å². The average molecular weight is 405 g/mol. The van der Waals surface area contributed by atoms with Crippen molar-refractivity contribution in [1.82, 2.24) is 9.30 Å². The summed E-state index contributed by atoms with van der Waals surface area (Å²) in [6, 6.07) is -0.330. The third-order valence-electron chi connectivity index (χ3n) is 5.63. The number of thiazole rings is 1. The zero-order valence-electron chi connectivity index (χ0n) is 15.4. The number of aliphatic carboxylic acids is 1. The molecular formula is C18H21N4O5S+. The van der Waals surface area contributed by atoms with Crippen molar-refractivity contribution in [2.75, 3.05) is 0 Å². The van der Waals surface area contributed by atoms with E-state index in [2.05, 4.69) is 0 Å². The van der Waals surface area contributed by atoms with E-state index in [0.29, 0.717) is 12.1 Å². The highest BCUT2D eigenvalue weighted by Crippen LogP contribution is 2.47. The van der Waals surface area contributed by atoms with E-state index in [-0.39, 0.29) is 30.0 Å². The first-order valence-corrected chi connectivity index (χ1v) is 9.82. The predicted octanol–water partition coefficient (Wildman–Crippen LogP) is -0.488. The summed E-state index contributed by atoms with van der Waals surface area (Å²) in [4.78, 5) is 37.7. The number of rotatable bonds is 6. The van der Waals surface area contributed by atoms with Crippen LogP contribution in [0.25, 0.3) is 4.83 Å². The summed E-state index contributed by atoms with van der Waals surface area (Å²) in [5, 5.41) is 21.5. The van der Waals surface area contributed by atoms with E-state index in [9.17, 15) is 24.6 Å². The van der Waals surface area contributed by atoms with E-state index in [1.165, 1.54) is 16.2 Å². The zero-order chi connectivity index (χ0) is 20.3. The average Bonchev–Trinajstić information content (AvgIpc) is 3.21. The molecule has 4 atom stereocenters. The smallest absolute Gasteiger partial charge is 0.352 e. The van der Waals surface area contributed by atoms with Gasteiger partial charge in [-0.05, 0) is 6.92 Å². The van der Waals surface area contributed by atoms with Gasteiger partial charge >= 0.3 is 5.97 Å². The number of fused-ring (bicyclic) bond motifs is 2. The van der Waals surface area contributed by atoms with Crippen LogP contribution < -0.4 is 10.3 Å². The first kappa shape index (κ1) is 18.6. The van der Waals surface area contributed by atoms with Crippen molar-refractivity contribution >= 4 is 34.0 Å². The molecule has 0 saturated carbocycles. The highest BCUT2D eigenvalue weighted by atomic mass is 32.1. The van der Waals surface area contributed by atoms with Crippen molar-refractivity contribution in [3.8, 4) is 0 Å². The summed E-state index contributed by atoms with van der Waals surface area (Å²) in [6.45, 7) is 3.75. The minimum atomic E-state index is -1.14. The Hall–Kier alpha value is -2.72. The number of carbonyl (C=O) groups excluding carboxylic acids is 2. The largest absolute Gasteiger partial charge is 0.477 e. The Morgan fingerprint density at radius 3 is 2.75 bits per heavy atom. The quantitative estimate of drug-likeness (QED) is 0.441. The molecule has 2 aliphatic rings. The molecule has 2 amide bonds. The highest BCUT2D eigenvalue weighted by Gasteiger charge is 2.60. The molecule has 0 spiro atoms. The van der Waals surface area contributed by atoms with Crippen molar-refractivity contribution in [2.24, 2.45) is 17.6 Å². The molecule has 4 rings (SSSR count). The Bertz CT molecular complexity index is 1040. The first-order chi connectivity index (χ1) is 13.2. The summed E-state index contributed by atoms with van der Waals surface area (Å²) in [6.07, 6.45) is 2.97. The van der Waals surface area contributed by atoms with Crippen LogP contribution in [0.15, 0.2) is 29.2 Å². The SMILES string of the molecule is C[C@@H](O)[C@H]1C(=O)N2C(C(=O)O)=C(C[n+]3cc4scc(CC(N)=O)n4c3)[C@H](C)[C@H]12. The molecule has 0 aliphatic carbocycles.